The highest BCUT2D eigenvalue weighted by atomic mass is 32.2. The molecule has 0 atom stereocenters. The molecule has 1 aromatic heterocycles. The number of thiazole rings is 1. The maximum atomic E-state index is 6.15. The lowest BCUT2D eigenvalue weighted by Crippen LogP contribution is -2.18. The fourth-order valence-electron chi connectivity index (χ4n) is 1.76. The van der Waals surface area contributed by atoms with Crippen molar-refractivity contribution in [3.8, 4) is 10.6 Å². The Hall–Kier alpha value is -0.840. The molecule has 1 aliphatic rings. The van der Waals surface area contributed by atoms with Crippen LogP contribution >= 0.6 is 23.1 Å². The minimum atomic E-state index is -0.117. The standard InChI is InChI=1S/C13H14N2S2/c1-16-10-4-2-9(3-5-10)12-15-11(8-17-12)13(14)6-7-13/h2-5,8H,6-7,14H2,1H3. The second kappa shape index (κ2) is 4.12. The lowest BCUT2D eigenvalue weighted by atomic mass is 10.2. The predicted octanol–water partition coefficient (Wildman–Crippen LogP) is 3.48. The quantitative estimate of drug-likeness (QED) is 0.861. The van der Waals surface area contributed by atoms with Gasteiger partial charge in [0.25, 0.3) is 0 Å². The van der Waals surface area contributed by atoms with Gasteiger partial charge in [-0.25, -0.2) is 4.98 Å². The number of hydrogen-bond donors (Lipinski definition) is 1. The molecule has 2 nitrogen and oxygen atoms in total. The smallest absolute Gasteiger partial charge is 0.123 e. The molecule has 88 valence electrons. The largest absolute Gasteiger partial charge is 0.320 e. The monoisotopic (exact) mass is 262 g/mol. The van der Waals surface area contributed by atoms with E-state index in [0.717, 1.165) is 23.5 Å². The SMILES string of the molecule is CSc1ccc(-c2nc(C3(N)CC3)cs2)cc1. The second-order valence-corrected chi connectivity index (χ2v) is 6.16. The molecule has 1 saturated carbocycles. The Bertz CT molecular complexity index is 527. The van der Waals surface area contributed by atoms with Crippen molar-refractivity contribution >= 4 is 23.1 Å². The summed E-state index contributed by atoms with van der Waals surface area (Å²) in [4.78, 5) is 5.94. The molecule has 2 N–H and O–H groups in total. The Morgan fingerprint density at radius 3 is 2.59 bits per heavy atom. The number of benzene rings is 1. The summed E-state index contributed by atoms with van der Waals surface area (Å²) in [5.41, 5.74) is 8.27. The van der Waals surface area contributed by atoms with Gasteiger partial charge in [-0.3, -0.25) is 0 Å². The van der Waals surface area contributed by atoms with E-state index in [1.807, 2.05) is 0 Å². The Kier molecular flexibility index (Phi) is 2.73. The first-order chi connectivity index (χ1) is 8.21. The third-order valence-corrected chi connectivity index (χ3v) is 4.77. The minimum Gasteiger partial charge on any atom is -0.320 e. The fraction of sp³-hybridized carbons (Fsp3) is 0.308. The molecule has 2 aromatic rings. The van der Waals surface area contributed by atoms with Gasteiger partial charge < -0.3 is 5.73 Å². The molecule has 0 radical (unpaired) electrons. The maximum Gasteiger partial charge on any atom is 0.123 e. The van der Waals surface area contributed by atoms with Crippen LogP contribution in [0.1, 0.15) is 18.5 Å². The Morgan fingerprint density at radius 2 is 2.00 bits per heavy atom. The lowest BCUT2D eigenvalue weighted by molar-refractivity contribution is 0.715. The van der Waals surface area contributed by atoms with E-state index in [-0.39, 0.29) is 5.54 Å². The van der Waals surface area contributed by atoms with Gasteiger partial charge in [-0.05, 0) is 31.2 Å². The van der Waals surface area contributed by atoms with Gasteiger partial charge in [0.15, 0.2) is 0 Å². The Labute approximate surface area is 109 Å². The first-order valence-electron chi connectivity index (χ1n) is 5.61. The van der Waals surface area contributed by atoms with Crippen LogP contribution in [0.3, 0.4) is 0 Å². The molecule has 0 saturated heterocycles. The molecular formula is C13H14N2S2. The van der Waals surface area contributed by atoms with Crippen molar-refractivity contribution in [2.75, 3.05) is 6.26 Å². The van der Waals surface area contributed by atoms with Gasteiger partial charge >= 0.3 is 0 Å². The third-order valence-electron chi connectivity index (χ3n) is 3.14. The molecule has 0 aliphatic heterocycles. The summed E-state index contributed by atoms with van der Waals surface area (Å²) in [6.45, 7) is 0. The van der Waals surface area contributed by atoms with Crippen molar-refractivity contribution in [3.05, 3.63) is 35.3 Å². The lowest BCUT2D eigenvalue weighted by Gasteiger charge is -2.02. The van der Waals surface area contributed by atoms with Crippen molar-refractivity contribution < 1.29 is 0 Å². The molecule has 0 unspecified atom stereocenters. The first-order valence-corrected chi connectivity index (χ1v) is 7.71. The van der Waals surface area contributed by atoms with E-state index < -0.39 is 0 Å². The van der Waals surface area contributed by atoms with E-state index in [1.165, 1.54) is 10.5 Å². The van der Waals surface area contributed by atoms with Gasteiger partial charge in [-0.2, -0.15) is 0 Å². The predicted molar refractivity (Wildman–Crippen MR) is 74.4 cm³/mol. The molecule has 3 rings (SSSR count). The Balaban J connectivity index is 1.90. The summed E-state index contributed by atoms with van der Waals surface area (Å²) < 4.78 is 0. The van der Waals surface area contributed by atoms with Gasteiger partial charge in [0.1, 0.15) is 5.01 Å². The average molecular weight is 262 g/mol. The van der Waals surface area contributed by atoms with Crippen LogP contribution in [-0.2, 0) is 5.54 Å². The van der Waals surface area contributed by atoms with E-state index >= 15 is 0 Å². The molecule has 1 heterocycles. The zero-order valence-electron chi connectivity index (χ0n) is 9.64. The van der Waals surface area contributed by atoms with Crippen molar-refractivity contribution in [1.29, 1.82) is 0 Å². The number of rotatable bonds is 3. The van der Waals surface area contributed by atoms with E-state index in [1.54, 1.807) is 23.1 Å². The summed E-state index contributed by atoms with van der Waals surface area (Å²) in [7, 11) is 0. The van der Waals surface area contributed by atoms with Crippen LogP contribution in [0.2, 0.25) is 0 Å². The molecule has 17 heavy (non-hydrogen) atoms. The molecule has 1 aliphatic carbocycles. The van der Waals surface area contributed by atoms with Crippen LogP contribution in [-0.4, -0.2) is 11.2 Å². The van der Waals surface area contributed by atoms with E-state index in [4.69, 9.17) is 5.73 Å². The van der Waals surface area contributed by atoms with Gasteiger partial charge in [-0.1, -0.05) is 12.1 Å². The number of nitrogens with zero attached hydrogens (tertiary/aromatic N) is 1. The first kappa shape index (κ1) is 11.3. The van der Waals surface area contributed by atoms with Gasteiger partial charge in [-0.15, -0.1) is 23.1 Å². The average Bonchev–Trinajstić information content (AvgIpc) is 2.94. The Morgan fingerprint density at radius 1 is 1.29 bits per heavy atom. The number of nitrogens with two attached hydrogens (primary N) is 1. The summed E-state index contributed by atoms with van der Waals surface area (Å²) in [6.07, 6.45) is 4.23. The van der Waals surface area contributed by atoms with Crippen molar-refractivity contribution in [1.82, 2.24) is 4.98 Å². The van der Waals surface area contributed by atoms with E-state index in [0.29, 0.717) is 0 Å². The molecule has 1 aromatic carbocycles. The molecule has 0 bridgehead atoms. The zero-order valence-corrected chi connectivity index (χ0v) is 11.3. The molecular weight excluding hydrogens is 248 g/mol. The summed E-state index contributed by atoms with van der Waals surface area (Å²) in [5, 5.41) is 3.18. The highest BCUT2D eigenvalue weighted by Crippen LogP contribution is 2.43. The van der Waals surface area contributed by atoms with Gasteiger partial charge in [0.2, 0.25) is 0 Å². The number of hydrogen-bond acceptors (Lipinski definition) is 4. The minimum absolute atomic E-state index is 0.117. The van der Waals surface area contributed by atoms with Crippen LogP contribution in [0, 0.1) is 0 Å². The molecule has 0 spiro atoms. The zero-order chi connectivity index (χ0) is 11.9. The van der Waals surface area contributed by atoms with Crippen LogP contribution in [0.4, 0.5) is 0 Å². The van der Waals surface area contributed by atoms with Gasteiger partial charge in [0, 0.05) is 15.8 Å². The van der Waals surface area contributed by atoms with E-state index in [9.17, 15) is 0 Å². The molecule has 1 fully saturated rings. The second-order valence-electron chi connectivity index (χ2n) is 4.42. The van der Waals surface area contributed by atoms with Crippen molar-refractivity contribution in [2.24, 2.45) is 5.73 Å². The van der Waals surface area contributed by atoms with Crippen LogP contribution in [0.25, 0.3) is 10.6 Å². The fourth-order valence-corrected chi connectivity index (χ4v) is 3.10. The van der Waals surface area contributed by atoms with E-state index in [2.05, 4.69) is 40.9 Å². The summed E-state index contributed by atoms with van der Waals surface area (Å²) >= 11 is 3.44. The topological polar surface area (TPSA) is 38.9 Å². The van der Waals surface area contributed by atoms with Gasteiger partial charge in [0.05, 0.1) is 11.2 Å². The van der Waals surface area contributed by atoms with Crippen molar-refractivity contribution in [3.63, 3.8) is 0 Å². The maximum absolute atomic E-state index is 6.15. The van der Waals surface area contributed by atoms with Crippen LogP contribution in [0.15, 0.2) is 34.5 Å². The summed E-state index contributed by atoms with van der Waals surface area (Å²) in [6, 6.07) is 8.53. The molecule has 0 amide bonds. The highest BCUT2D eigenvalue weighted by molar-refractivity contribution is 7.98. The van der Waals surface area contributed by atoms with Crippen LogP contribution in [0.5, 0.6) is 0 Å². The third kappa shape index (κ3) is 2.12. The summed E-state index contributed by atoms with van der Waals surface area (Å²) in [5.74, 6) is 0. The highest BCUT2D eigenvalue weighted by Gasteiger charge is 2.42. The number of thioether (sulfide) groups is 1. The number of aromatic nitrogens is 1. The molecule has 4 heteroatoms. The van der Waals surface area contributed by atoms with Crippen molar-refractivity contribution in [2.45, 2.75) is 23.3 Å². The normalized spacial score (nSPS) is 17.1. The van der Waals surface area contributed by atoms with Crippen LogP contribution < -0.4 is 5.73 Å².